The molecule has 0 spiro atoms. The summed E-state index contributed by atoms with van der Waals surface area (Å²) in [7, 11) is 0. The Kier molecular flexibility index (Phi) is 3.43. The Hall–Kier alpha value is -1.10. The van der Waals surface area contributed by atoms with Gasteiger partial charge in [0.05, 0.1) is 5.69 Å². The van der Waals surface area contributed by atoms with Crippen molar-refractivity contribution in [3.63, 3.8) is 0 Å². The van der Waals surface area contributed by atoms with Crippen LogP contribution in [0.5, 0.6) is 0 Å². The molecule has 0 saturated carbocycles. The van der Waals surface area contributed by atoms with Gasteiger partial charge in [0.2, 0.25) is 0 Å². The Morgan fingerprint density at radius 3 is 2.56 bits per heavy atom. The third-order valence-corrected chi connectivity index (χ3v) is 3.87. The molecule has 1 aliphatic heterocycles. The number of anilines is 1. The molecule has 5 heteroatoms. The number of nitrogens with one attached hydrogen (secondary N) is 1. The van der Waals surface area contributed by atoms with Gasteiger partial charge in [0, 0.05) is 18.0 Å². The molecular weight excluding hydrogens is 222 g/mol. The Morgan fingerprint density at radius 1 is 1.31 bits per heavy atom. The van der Waals surface area contributed by atoms with Gasteiger partial charge in [-0.2, -0.15) is 0 Å². The van der Waals surface area contributed by atoms with Crippen LogP contribution < -0.4 is 5.32 Å². The van der Waals surface area contributed by atoms with Crippen LogP contribution in [0.25, 0.3) is 0 Å². The predicted octanol–water partition coefficient (Wildman–Crippen LogP) is 2.78. The number of piperidine rings is 1. The van der Waals surface area contributed by atoms with E-state index in [-0.39, 0.29) is 6.03 Å². The van der Waals surface area contributed by atoms with Crippen LogP contribution in [-0.4, -0.2) is 29.0 Å². The first-order chi connectivity index (χ1) is 7.66. The van der Waals surface area contributed by atoms with Gasteiger partial charge in [-0.1, -0.05) is 0 Å². The molecule has 2 amide bonds. The van der Waals surface area contributed by atoms with Crippen LogP contribution in [0, 0.1) is 13.8 Å². The molecule has 1 aliphatic rings. The van der Waals surface area contributed by atoms with Gasteiger partial charge in [-0.05, 0) is 33.1 Å². The lowest BCUT2D eigenvalue weighted by Gasteiger charge is -2.26. The van der Waals surface area contributed by atoms with Crippen LogP contribution in [-0.2, 0) is 0 Å². The van der Waals surface area contributed by atoms with Crippen LogP contribution in [0.4, 0.5) is 9.93 Å². The Balaban J connectivity index is 1.95. The summed E-state index contributed by atoms with van der Waals surface area (Å²) in [6.45, 7) is 5.72. The smallest absolute Gasteiger partial charge is 0.323 e. The molecular formula is C11H17N3OS. The molecule has 1 saturated heterocycles. The summed E-state index contributed by atoms with van der Waals surface area (Å²) in [6.07, 6.45) is 3.46. The second kappa shape index (κ2) is 4.82. The Morgan fingerprint density at radius 2 is 2.00 bits per heavy atom. The number of aryl methyl sites for hydroxylation is 2. The largest absolute Gasteiger partial charge is 0.324 e. The average molecular weight is 239 g/mol. The summed E-state index contributed by atoms with van der Waals surface area (Å²) in [5.74, 6) is 0. The van der Waals surface area contributed by atoms with Crippen molar-refractivity contribution in [2.24, 2.45) is 0 Å². The fraction of sp³-hybridized carbons (Fsp3) is 0.636. The Bertz CT molecular complexity index is 363. The lowest BCUT2D eigenvalue weighted by atomic mass is 10.1. The van der Waals surface area contributed by atoms with Gasteiger partial charge in [-0.3, -0.25) is 5.32 Å². The van der Waals surface area contributed by atoms with Gasteiger partial charge in [-0.15, -0.1) is 11.3 Å². The van der Waals surface area contributed by atoms with Crippen molar-refractivity contribution in [1.29, 1.82) is 0 Å². The maximum atomic E-state index is 11.9. The number of carbonyl (C=O) groups is 1. The summed E-state index contributed by atoms with van der Waals surface area (Å²) in [6, 6.07) is -0.00606. The fourth-order valence-corrected chi connectivity index (χ4v) is 2.60. The van der Waals surface area contributed by atoms with Crippen LogP contribution in [0.2, 0.25) is 0 Å². The third-order valence-electron chi connectivity index (χ3n) is 2.89. The van der Waals surface area contributed by atoms with E-state index in [4.69, 9.17) is 0 Å². The molecule has 88 valence electrons. The maximum Gasteiger partial charge on any atom is 0.323 e. The minimum Gasteiger partial charge on any atom is -0.324 e. The van der Waals surface area contributed by atoms with Gasteiger partial charge in [0.1, 0.15) is 0 Å². The standard InChI is InChI=1S/C11H17N3OS/c1-8-9(2)16-10(12-8)13-11(15)14-6-4-3-5-7-14/h3-7H2,1-2H3,(H,12,13,15). The van der Waals surface area contributed by atoms with E-state index in [9.17, 15) is 4.79 Å². The highest BCUT2D eigenvalue weighted by atomic mass is 32.1. The monoisotopic (exact) mass is 239 g/mol. The highest BCUT2D eigenvalue weighted by Gasteiger charge is 2.17. The number of aromatic nitrogens is 1. The average Bonchev–Trinajstić information content (AvgIpc) is 2.59. The fourth-order valence-electron chi connectivity index (χ4n) is 1.79. The van der Waals surface area contributed by atoms with Crippen LogP contribution in [0.15, 0.2) is 0 Å². The molecule has 0 radical (unpaired) electrons. The van der Waals surface area contributed by atoms with E-state index in [1.54, 1.807) is 0 Å². The molecule has 1 aromatic rings. The number of rotatable bonds is 1. The van der Waals surface area contributed by atoms with Gasteiger partial charge >= 0.3 is 6.03 Å². The van der Waals surface area contributed by atoms with E-state index >= 15 is 0 Å². The zero-order valence-corrected chi connectivity index (χ0v) is 10.6. The molecule has 0 atom stereocenters. The third kappa shape index (κ3) is 2.52. The number of nitrogens with zero attached hydrogens (tertiary/aromatic N) is 2. The summed E-state index contributed by atoms with van der Waals surface area (Å²) < 4.78 is 0. The number of amides is 2. The minimum absolute atomic E-state index is 0.00606. The minimum atomic E-state index is -0.00606. The van der Waals surface area contributed by atoms with Gasteiger partial charge in [0.15, 0.2) is 5.13 Å². The van der Waals surface area contributed by atoms with E-state index in [0.29, 0.717) is 5.13 Å². The van der Waals surface area contributed by atoms with Gasteiger partial charge < -0.3 is 4.90 Å². The number of urea groups is 1. The summed E-state index contributed by atoms with van der Waals surface area (Å²) in [5.41, 5.74) is 0.999. The highest BCUT2D eigenvalue weighted by molar-refractivity contribution is 7.15. The van der Waals surface area contributed by atoms with Gasteiger partial charge in [-0.25, -0.2) is 9.78 Å². The van der Waals surface area contributed by atoms with Crippen molar-refractivity contribution in [2.75, 3.05) is 18.4 Å². The quantitative estimate of drug-likeness (QED) is 0.819. The first-order valence-electron chi connectivity index (χ1n) is 5.67. The van der Waals surface area contributed by atoms with E-state index in [2.05, 4.69) is 10.3 Å². The van der Waals surface area contributed by atoms with Crippen molar-refractivity contribution in [3.8, 4) is 0 Å². The zero-order chi connectivity index (χ0) is 11.5. The van der Waals surface area contributed by atoms with Crippen molar-refractivity contribution in [3.05, 3.63) is 10.6 Å². The van der Waals surface area contributed by atoms with Crippen LogP contribution in [0.3, 0.4) is 0 Å². The first-order valence-corrected chi connectivity index (χ1v) is 6.48. The predicted molar refractivity (Wildman–Crippen MR) is 66.0 cm³/mol. The lowest BCUT2D eigenvalue weighted by Crippen LogP contribution is -2.38. The van der Waals surface area contributed by atoms with Gasteiger partial charge in [0.25, 0.3) is 0 Å². The van der Waals surface area contributed by atoms with Crippen molar-refractivity contribution < 1.29 is 4.79 Å². The number of carbonyl (C=O) groups excluding carboxylic acids is 1. The molecule has 0 aromatic carbocycles. The maximum absolute atomic E-state index is 11.9. The highest BCUT2D eigenvalue weighted by Crippen LogP contribution is 2.21. The van der Waals surface area contributed by atoms with Crippen molar-refractivity contribution in [1.82, 2.24) is 9.88 Å². The molecule has 4 nitrogen and oxygen atoms in total. The number of likely N-dealkylation sites (tertiary alicyclic amines) is 1. The molecule has 0 aliphatic carbocycles. The summed E-state index contributed by atoms with van der Waals surface area (Å²) in [4.78, 5) is 19.2. The second-order valence-electron chi connectivity index (χ2n) is 4.14. The number of thiazole rings is 1. The molecule has 0 bridgehead atoms. The Labute approximate surface area is 99.7 Å². The van der Waals surface area contributed by atoms with E-state index in [0.717, 1.165) is 36.5 Å². The molecule has 2 heterocycles. The molecule has 0 unspecified atom stereocenters. The first kappa shape index (κ1) is 11.4. The second-order valence-corrected chi connectivity index (χ2v) is 5.34. The normalized spacial score (nSPS) is 16.2. The van der Waals surface area contributed by atoms with Crippen LogP contribution >= 0.6 is 11.3 Å². The van der Waals surface area contributed by atoms with Crippen LogP contribution in [0.1, 0.15) is 29.8 Å². The topological polar surface area (TPSA) is 45.2 Å². The van der Waals surface area contributed by atoms with Crippen molar-refractivity contribution in [2.45, 2.75) is 33.1 Å². The number of hydrogen-bond acceptors (Lipinski definition) is 3. The summed E-state index contributed by atoms with van der Waals surface area (Å²) >= 11 is 1.54. The zero-order valence-electron chi connectivity index (χ0n) is 9.75. The molecule has 1 fully saturated rings. The molecule has 1 aromatic heterocycles. The van der Waals surface area contributed by atoms with E-state index in [1.807, 2.05) is 18.7 Å². The molecule has 2 rings (SSSR count). The number of hydrogen-bond donors (Lipinski definition) is 1. The molecule has 16 heavy (non-hydrogen) atoms. The van der Waals surface area contributed by atoms with E-state index < -0.39 is 0 Å². The van der Waals surface area contributed by atoms with Crippen molar-refractivity contribution >= 4 is 22.5 Å². The lowest BCUT2D eigenvalue weighted by molar-refractivity contribution is 0.200. The molecule has 1 N–H and O–H groups in total. The van der Waals surface area contributed by atoms with E-state index in [1.165, 1.54) is 17.8 Å². The SMILES string of the molecule is Cc1nc(NC(=O)N2CCCCC2)sc1C. The summed E-state index contributed by atoms with van der Waals surface area (Å²) in [5, 5.41) is 3.58.